The molecule has 4 rings (SSSR count). The summed E-state index contributed by atoms with van der Waals surface area (Å²) in [6, 6.07) is 14.8. The fourth-order valence-corrected chi connectivity index (χ4v) is 4.05. The van der Waals surface area contributed by atoms with Gasteiger partial charge in [-0.25, -0.2) is 14.0 Å². The van der Waals surface area contributed by atoms with Gasteiger partial charge in [-0.2, -0.15) is 0 Å². The van der Waals surface area contributed by atoms with Gasteiger partial charge >= 0.3 is 12.1 Å². The zero-order valence-electron chi connectivity index (χ0n) is 14.7. The number of carboxylic acid groups (broad SMARTS) is 1. The number of amides is 1. The molecule has 2 aliphatic rings. The van der Waals surface area contributed by atoms with Crippen LogP contribution in [0.2, 0.25) is 0 Å². The van der Waals surface area contributed by atoms with Gasteiger partial charge in [-0.3, -0.25) is 4.90 Å². The third kappa shape index (κ3) is 3.16. The number of ether oxygens (including phenoxy) is 1. The minimum Gasteiger partial charge on any atom is -0.480 e. The largest absolute Gasteiger partial charge is 0.480 e. The number of fused-ring (bicyclic) bond motifs is 3. The lowest BCUT2D eigenvalue weighted by Gasteiger charge is -2.33. The van der Waals surface area contributed by atoms with Crippen LogP contribution in [0.15, 0.2) is 48.5 Å². The summed E-state index contributed by atoms with van der Waals surface area (Å²) >= 11 is 0. The van der Waals surface area contributed by atoms with Crippen molar-refractivity contribution in [1.82, 2.24) is 4.90 Å². The van der Waals surface area contributed by atoms with Crippen LogP contribution in [0.1, 0.15) is 29.9 Å². The van der Waals surface area contributed by atoms with Gasteiger partial charge in [0.25, 0.3) is 0 Å². The first-order valence-electron chi connectivity index (χ1n) is 9.04. The minimum atomic E-state index is -1.20. The quantitative estimate of drug-likeness (QED) is 0.893. The Hall–Kier alpha value is -2.89. The smallest absolute Gasteiger partial charge is 0.410 e. The predicted octanol–water partition coefficient (Wildman–Crippen LogP) is 3.82. The molecule has 140 valence electrons. The minimum absolute atomic E-state index is 0.0504. The van der Waals surface area contributed by atoms with E-state index in [4.69, 9.17) is 4.74 Å². The number of carbonyl (C=O) groups excluding carboxylic acids is 1. The van der Waals surface area contributed by atoms with Gasteiger partial charge in [-0.15, -0.1) is 0 Å². The van der Waals surface area contributed by atoms with Crippen LogP contribution in [0, 0.1) is 0 Å². The zero-order chi connectivity index (χ0) is 19.0. The van der Waals surface area contributed by atoms with E-state index >= 15 is 0 Å². The van der Waals surface area contributed by atoms with Crippen molar-refractivity contribution in [3.05, 3.63) is 59.7 Å². The van der Waals surface area contributed by atoms with Gasteiger partial charge in [0, 0.05) is 18.9 Å². The van der Waals surface area contributed by atoms with Gasteiger partial charge < -0.3 is 9.84 Å². The predicted molar refractivity (Wildman–Crippen MR) is 97.3 cm³/mol. The lowest BCUT2D eigenvalue weighted by atomic mass is 9.98. The van der Waals surface area contributed by atoms with Crippen molar-refractivity contribution in [2.24, 2.45) is 0 Å². The molecule has 6 heteroatoms. The van der Waals surface area contributed by atoms with E-state index < -0.39 is 24.3 Å². The summed E-state index contributed by atoms with van der Waals surface area (Å²) in [4.78, 5) is 25.0. The lowest BCUT2D eigenvalue weighted by molar-refractivity contribution is -0.144. The molecule has 1 N–H and O–H groups in total. The van der Waals surface area contributed by atoms with Gasteiger partial charge in [-0.05, 0) is 28.7 Å². The van der Waals surface area contributed by atoms with Gasteiger partial charge in [0.2, 0.25) is 0 Å². The van der Waals surface area contributed by atoms with Crippen molar-refractivity contribution >= 4 is 12.1 Å². The molecule has 1 amide bonds. The molecule has 0 radical (unpaired) electrons. The van der Waals surface area contributed by atoms with Gasteiger partial charge in [0.05, 0.1) is 0 Å². The molecular formula is C21H20FNO4. The maximum absolute atomic E-state index is 13.6. The first-order valence-corrected chi connectivity index (χ1v) is 9.04. The molecule has 0 saturated carbocycles. The molecule has 0 bridgehead atoms. The first kappa shape index (κ1) is 17.5. The van der Waals surface area contributed by atoms with Crippen LogP contribution in [-0.2, 0) is 9.53 Å². The summed E-state index contributed by atoms with van der Waals surface area (Å²) < 4.78 is 19.0. The zero-order valence-corrected chi connectivity index (χ0v) is 14.7. The summed E-state index contributed by atoms with van der Waals surface area (Å²) in [6.07, 6.45) is -1.96. The van der Waals surface area contributed by atoms with E-state index in [1.165, 1.54) is 0 Å². The van der Waals surface area contributed by atoms with Crippen LogP contribution in [-0.4, -0.2) is 47.4 Å². The number of nitrogens with zero attached hydrogens (tertiary/aromatic N) is 1. The Kier molecular flexibility index (Phi) is 4.56. The number of carboxylic acids is 1. The standard InChI is InChI=1S/C21H20FNO4/c22-13-9-10-23(19(11-13)20(24)25)21(26)27-12-18-16-7-3-1-5-14(16)15-6-2-4-8-17(15)18/h1-8,13,18-19H,9-12H2,(H,24,25)/t13-,19+/m0/s1. The number of likely N-dealkylation sites (tertiary alicyclic amines) is 1. The molecule has 1 aliphatic heterocycles. The fourth-order valence-electron chi connectivity index (χ4n) is 4.05. The number of aliphatic carboxylic acids is 1. The Morgan fingerprint density at radius 1 is 1.07 bits per heavy atom. The topological polar surface area (TPSA) is 66.8 Å². The molecule has 1 saturated heterocycles. The van der Waals surface area contributed by atoms with Gasteiger partial charge in [-0.1, -0.05) is 48.5 Å². The van der Waals surface area contributed by atoms with Crippen LogP contribution < -0.4 is 0 Å². The van der Waals surface area contributed by atoms with E-state index in [0.29, 0.717) is 0 Å². The summed E-state index contributed by atoms with van der Waals surface area (Å²) in [5, 5.41) is 9.30. The maximum Gasteiger partial charge on any atom is 0.410 e. The molecule has 0 unspecified atom stereocenters. The summed E-state index contributed by atoms with van der Waals surface area (Å²) in [7, 11) is 0. The highest BCUT2D eigenvalue weighted by Crippen LogP contribution is 2.44. The van der Waals surface area contributed by atoms with E-state index in [2.05, 4.69) is 0 Å². The maximum atomic E-state index is 13.6. The highest BCUT2D eigenvalue weighted by Gasteiger charge is 2.38. The number of carbonyl (C=O) groups is 2. The molecular weight excluding hydrogens is 349 g/mol. The summed E-state index contributed by atoms with van der Waals surface area (Å²) in [6.45, 7) is 0.170. The van der Waals surface area contributed by atoms with Crippen molar-refractivity contribution < 1.29 is 23.8 Å². The first-order chi connectivity index (χ1) is 13.1. The van der Waals surface area contributed by atoms with Crippen molar-refractivity contribution in [1.29, 1.82) is 0 Å². The van der Waals surface area contributed by atoms with Crippen LogP contribution in [0.25, 0.3) is 11.1 Å². The Balaban J connectivity index is 1.52. The van der Waals surface area contributed by atoms with Crippen molar-refractivity contribution in [2.45, 2.75) is 31.0 Å². The molecule has 1 aliphatic carbocycles. The molecule has 1 heterocycles. The van der Waals surface area contributed by atoms with E-state index in [-0.39, 0.29) is 31.9 Å². The summed E-state index contributed by atoms with van der Waals surface area (Å²) in [5.41, 5.74) is 4.42. The normalized spacial score (nSPS) is 21.4. The number of rotatable bonds is 3. The molecule has 2 aromatic rings. The average molecular weight is 369 g/mol. The third-order valence-electron chi connectivity index (χ3n) is 5.39. The van der Waals surface area contributed by atoms with Gasteiger partial charge in [0.1, 0.15) is 18.8 Å². The molecule has 0 spiro atoms. The lowest BCUT2D eigenvalue weighted by Crippen LogP contribution is -2.51. The second-order valence-corrected chi connectivity index (χ2v) is 6.97. The molecule has 27 heavy (non-hydrogen) atoms. The Morgan fingerprint density at radius 3 is 2.26 bits per heavy atom. The molecule has 5 nitrogen and oxygen atoms in total. The number of benzene rings is 2. The van der Waals surface area contributed by atoms with E-state index in [1.54, 1.807) is 0 Å². The highest BCUT2D eigenvalue weighted by molar-refractivity contribution is 5.81. The van der Waals surface area contributed by atoms with Crippen molar-refractivity contribution in [3.63, 3.8) is 0 Å². The van der Waals surface area contributed by atoms with Crippen LogP contribution in [0.4, 0.5) is 9.18 Å². The van der Waals surface area contributed by atoms with E-state index in [1.807, 2.05) is 48.5 Å². The van der Waals surface area contributed by atoms with Crippen LogP contribution >= 0.6 is 0 Å². The SMILES string of the molecule is O=C(O)[C@H]1C[C@@H](F)CCN1C(=O)OCC1c2ccccc2-c2ccccc21. The second-order valence-electron chi connectivity index (χ2n) is 6.97. The van der Waals surface area contributed by atoms with Crippen LogP contribution in [0.5, 0.6) is 0 Å². The van der Waals surface area contributed by atoms with Crippen molar-refractivity contribution in [2.75, 3.05) is 13.2 Å². The average Bonchev–Trinajstić information content (AvgIpc) is 3.00. The highest BCUT2D eigenvalue weighted by atomic mass is 19.1. The number of piperidine rings is 1. The van der Waals surface area contributed by atoms with E-state index in [9.17, 15) is 19.1 Å². The third-order valence-corrected chi connectivity index (χ3v) is 5.39. The second kappa shape index (κ2) is 7.02. The number of alkyl halides is 1. The Labute approximate surface area is 156 Å². The number of hydrogen-bond donors (Lipinski definition) is 1. The van der Waals surface area contributed by atoms with E-state index in [0.717, 1.165) is 27.2 Å². The molecule has 2 atom stereocenters. The monoisotopic (exact) mass is 369 g/mol. The summed E-state index contributed by atoms with van der Waals surface area (Å²) in [5.74, 6) is -1.30. The van der Waals surface area contributed by atoms with Crippen LogP contribution in [0.3, 0.4) is 0 Å². The Morgan fingerprint density at radius 2 is 1.67 bits per heavy atom. The van der Waals surface area contributed by atoms with Gasteiger partial charge in [0.15, 0.2) is 0 Å². The number of hydrogen-bond acceptors (Lipinski definition) is 3. The van der Waals surface area contributed by atoms with Crippen molar-refractivity contribution in [3.8, 4) is 11.1 Å². The molecule has 1 fully saturated rings. The fraction of sp³-hybridized carbons (Fsp3) is 0.333. The Bertz CT molecular complexity index is 838. The molecule has 2 aromatic carbocycles. The number of halogens is 1. The molecule has 0 aromatic heterocycles.